The molecule has 1 rings (SSSR count). The fourth-order valence-electron chi connectivity index (χ4n) is 1.23. The van der Waals surface area contributed by atoms with Gasteiger partial charge in [0.25, 0.3) is 0 Å². The highest BCUT2D eigenvalue weighted by atomic mass is 19.1. The van der Waals surface area contributed by atoms with Gasteiger partial charge in [-0.2, -0.15) is 0 Å². The van der Waals surface area contributed by atoms with Crippen LogP contribution in [-0.4, -0.2) is 26.8 Å². The quantitative estimate of drug-likeness (QED) is 0.739. The summed E-state index contributed by atoms with van der Waals surface area (Å²) in [4.78, 5) is 11.2. The molecule has 0 aromatic heterocycles. The summed E-state index contributed by atoms with van der Waals surface area (Å²) in [5.74, 6) is -0.895. The van der Waals surface area contributed by atoms with Gasteiger partial charge in [-0.25, -0.2) is 9.18 Å². The van der Waals surface area contributed by atoms with Gasteiger partial charge in [-0.3, -0.25) is 0 Å². The lowest BCUT2D eigenvalue weighted by atomic mass is 10.2. The third-order valence-electron chi connectivity index (χ3n) is 1.96. The van der Waals surface area contributed by atoms with Crippen molar-refractivity contribution >= 4 is 5.97 Å². The standard InChI is InChI=1S/C11H13FO4/c1-4-16-10-6-8(12)7(11(13)15-3)5-9(10)14-2/h5-6H,4H2,1-3H3. The molecule has 1 aromatic rings. The van der Waals surface area contributed by atoms with Crippen molar-refractivity contribution in [2.75, 3.05) is 20.8 Å². The maximum Gasteiger partial charge on any atom is 0.340 e. The van der Waals surface area contributed by atoms with Crippen molar-refractivity contribution in [1.82, 2.24) is 0 Å². The summed E-state index contributed by atoms with van der Waals surface area (Å²) >= 11 is 0. The summed E-state index contributed by atoms with van der Waals surface area (Å²) in [5, 5.41) is 0. The molecule has 0 N–H and O–H groups in total. The SMILES string of the molecule is CCOc1cc(F)c(C(=O)OC)cc1OC. The van der Waals surface area contributed by atoms with Gasteiger partial charge in [0, 0.05) is 12.1 Å². The molecule has 5 heteroatoms. The van der Waals surface area contributed by atoms with Crippen LogP contribution in [-0.2, 0) is 4.74 Å². The molecule has 0 bridgehead atoms. The van der Waals surface area contributed by atoms with Crippen LogP contribution in [0.2, 0.25) is 0 Å². The first-order chi connectivity index (χ1) is 7.63. The van der Waals surface area contributed by atoms with E-state index in [4.69, 9.17) is 9.47 Å². The molecular formula is C11H13FO4. The molecule has 0 aliphatic heterocycles. The van der Waals surface area contributed by atoms with Crippen LogP contribution in [0.15, 0.2) is 12.1 Å². The summed E-state index contributed by atoms with van der Waals surface area (Å²) in [7, 11) is 2.60. The molecule has 0 saturated carbocycles. The highest BCUT2D eigenvalue weighted by Crippen LogP contribution is 2.30. The van der Waals surface area contributed by atoms with Crippen LogP contribution in [0.5, 0.6) is 11.5 Å². The maximum atomic E-state index is 13.5. The van der Waals surface area contributed by atoms with Crippen LogP contribution in [0.25, 0.3) is 0 Å². The van der Waals surface area contributed by atoms with Crippen molar-refractivity contribution in [2.45, 2.75) is 6.92 Å². The van der Waals surface area contributed by atoms with Crippen molar-refractivity contribution in [3.05, 3.63) is 23.5 Å². The van der Waals surface area contributed by atoms with E-state index >= 15 is 0 Å². The van der Waals surface area contributed by atoms with Gasteiger partial charge in [0.15, 0.2) is 11.5 Å². The van der Waals surface area contributed by atoms with Crippen molar-refractivity contribution in [2.24, 2.45) is 0 Å². The van der Waals surface area contributed by atoms with Gasteiger partial charge in [0.2, 0.25) is 0 Å². The number of rotatable bonds is 4. The van der Waals surface area contributed by atoms with E-state index < -0.39 is 11.8 Å². The van der Waals surface area contributed by atoms with E-state index in [1.54, 1.807) is 6.92 Å². The van der Waals surface area contributed by atoms with E-state index in [9.17, 15) is 9.18 Å². The van der Waals surface area contributed by atoms with E-state index in [0.29, 0.717) is 12.4 Å². The minimum atomic E-state index is -0.751. The Morgan fingerprint density at radius 2 is 2.00 bits per heavy atom. The lowest BCUT2D eigenvalue weighted by Gasteiger charge is -2.11. The first kappa shape index (κ1) is 12.3. The second-order valence-corrected chi connectivity index (χ2v) is 2.91. The van der Waals surface area contributed by atoms with Gasteiger partial charge >= 0.3 is 5.97 Å². The van der Waals surface area contributed by atoms with Crippen LogP contribution >= 0.6 is 0 Å². The van der Waals surface area contributed by atoms with Crippen molar-refractivity contribution in [1.29, 1.82) is 0 Å². The minimum absolute atomic E-state index is 0.178. The van der Waals surface area contributed by atoms with Gasteiger partial charge in [0.05, 0.1) is 26.4 Å². The highest BCUT2D eigenvalue weighted by Gasteiger charge is 2.17. The molecule has 0 atom stereocenters. The Morgan fingerprint density at radius 3 is 2.50 bits per heavy atom. The Bertz CT molecular complexity index is 390. The molecule has 0 spiro atoms. The third-order valence-corrected chi connectivity index (χ3v) is 1.96. The van der Waals surface area contributed by atoms with Gasteiger partial charge in [-0.05, 0) is 6.92 Å². The fourth-order valence-corrected chi connectivity index (χ4v) is 1.23. The van der Waals surface area contributed by atoms with Gasteiger partial charge in [0.1, 0.15) is 5.82 Å². The lowest BCUT2D eigenvalue weighted by molar-refractivity contribution is 0.0595. The van der Waals surface area contributed by atoms with Crippen LogP contribution in [0.4, 0.5) is 4.39 Å². The number of benzene rings is 1. The molecule has 1 aromatic carbocycles. The smallest absolute Gasteiger partial charge is 0.340 e. The number of esters is 1. The van der Waals surface area contributed by atoms with Crippen LogP contribution < -0.4 is 9.47 Å². The summed E-state index contributed by atoms with van der Waals surface area (Å²) in [6.07, 6.45) is 0. The highest BCUT2D eigenvalue weighted by molar-refractivity contribution is 5.90. The molecule has 0 saturated heterocycles. The Hall–Kier alpha value is -1.78. The summed E-state index contributed by atoms with van der Waals surface area (Å²) in [6.45, 7) is 2.15. The number of ether oxygens (including phenoxy) is 3. The second-order valence-electron chi connectivity index (χ2n) is 2.91. The Morgan fingerprint density at radius 1 is 1.31 bits per heavy atom. The molecule has 0 aliphatic carbocycles. The second kappa shape index (κ2) is 5.34. The third kappa shape index (κ3) is 2.42. The van der Waals surface area contributed by atoms with Gasteiger partial charge < -0.3 is 14.2 Å². The molecule has 16 heavy (non-hydrogen) atoms. The van der Waals surface area contributed by atoms with E-state index in [-0.39, 0.29) is 11.3 Å². The van der Waals surface area contributed by atoms with Crippen molar-refractivity contribution in [3.63, 3.8) is 0 Å². The minimum Gasteiger partial charge on any atom is -0.493 e. The molecule has 0 radical (unpaired) electrons. The molecule has 0 amide bonds. The normalized spacial score (nSPS) is 9.75. The van der Waals surface area contributed by atoms with E-state index in [1.165, 1.54) is 20.3 Å². The number of hydrogen-bond donors (Lipinski definition) is 0. The van der Waals surface area contributed by atoms with Crippen molar-refractivity contribution < 1.29 is 23.4 Å². The monoisotopic (exact) mass is 228 g/mol. The number of carbonyl (C=O) groups excluding carboxylic acids is 1. The Balaban J connectivity index is 3.20. The summed E-state index contributed by atoms with van der Waals surface area (Å²) in [6, 6.07) is 2.36. The summed E-state index contributed by atoms with van der Waals surface area (Å²) < 4.78 is 28.1. The van der Waals surface area contributed by atoms with Crippen molar-refractivity contribution in [3.8, 4) is 11.5 Å². The first-order valence-corrected chi connectivity index (χ1v) is 4.72. The van der Waals surface area contributed by atoms with Crippen LogP contribution in [0, 0.1) is 5.82 Å². The Kier molecular flexibility index (Phi) is 4.10. The fraction of sp³-hybridized carbons (Fsp3) is 0.364. The number of methoxy groups -OCH3 is 2. The first-order valence-electron chi connectivity index (χ1n) is 4.72. The molecule has 88 valence electrons. The Labute approximate surface area is 92.9 Å². The number of halogens is 1. The molecule has 0 heterocycles. The molecule has 4 nitrogen and oxygen atoms in total. The molecular weight excluding hydrogens is 215 g/mol. The topological polar surface area (TPSA) is 44.8 Å². The zero-order chi connectivity index (χ0) is 12.1. The number of hydrogen-bond acceptors (Lipinski definition) is 4. The maximum absolute atomic E-state index is 13.5. The predicted octanol–water partition coefficient (Wildman–Crippen LogP) is 2.02. The average molecular weight is 228 g/mol. The summed E-state index contributed by atoms with van der Waals surface area (Å²) in [5.41, 5.74) is -0.178. The zero-order valence-corrected chi connectivity index (χ0v) is 9.37. The number of carbonyl (C=O) groups is 1. The predicted molar refractivity (Wildman–Crippen MR) is 55.5 cm³/mol. The van der Waals surface area contributed by atoms with E-state index in [1.807, 2.05) is 0 Å². The molecule has 0 unspecified atom stereocenters. The van der Waals surface area contributed by atoms with E-state index in [0.717, 1.165) is 6.07 Å². The molecule has 0 fully saturated rings. The molecule has 0 aliphatic rings. The van der Waals surface area contributed by atoms with E-state index in [2.05, 4.69) is 4.74 Å². The van der Waals surface area contributed by atoms with Crippen LogP contribution in [0.3, 0.4) is 0 Å². The van der Waals surface area contributed by atoms with Crippen LogP contribution in [0.1, 0.15) is 17.3 Å². The van der Waals surface area contributed by atoms with Gasteiger partial charge in [-0.15, -0.1) is 0 Å². The van der Waals surface area contributed by atoms with Gasteiger partial charge in [-0.1, -0.05) is 0 Å². The largest absolute Gasteiger partial charge is 0.493 e. The average Bonchev–Trinajstić information content (AvgIpc) is 2.29. The zero-order valence-electron chi connectivity index (χ0n) is 9.37. The lowest BCUT2D eigenvalue weighted by Crippen LogP contribution is -2.06.